The van der Waals surface area contributed by atoms with Gasteiger partial charge in [-0.2, -0.15) is 0 Å². The maximum Gasteiger partial charge on any atom is 0.159 e. The van der Waals surface area contributed by atoms with E-state index in [4.69, 9.17) is 8.83 Å². The van der Waals surface area contributed by atoms with Crippen molar-refractivity contribution < 1.29 is 8.83 Å². The van der Waals surface area contributed by atoms with Gasteiger partial charge in [-0.05, 0) is 138 Å². The van der Waals surface area contributed by atoms with Crippen LogP contribution in [0.2, 0.25) is 0 Å². The zero-order valence-electron chi connectivity index (χ0n) is 40.1. The fourth-order valence-electron chi connectivity index (χ4n) is 11.6. The Morgan fingerprint density at radius 3 is 1.18 bits per heavy atom. The van der Waals surface area contributed by atoms with Crippen molar-refractivity contribution in [1.29, 1.82) is 0 Å². The van der Waals surface area contributed by atoms with Crippen LogP contribution in [0.4, 0.5) is 34.1 Å². The number of rotatable bonds is 8. The third kappa shape index (κ3) is 6.69. The molecule has 0 aliphatic heterocycles. The number of hydrogen-bond acceptors (Lipinski definition) is 4. The average molecular weight is 945 g/mol. The van der Waals surface area contributed by atoms with E-state index < -0.39 is 0 Å². The quantitative estimate of drug-likeness (QED) is 0.142. The molecule has 0 atom stereocenters. The molecule has 0 aliphatic carbocycles. The van der Waals surface area contributed by atoms with Crippen LogP contribution in [-0.4, -0.2) is 0 Å². The van der Waals surface area contributed by atoms with Gasteiger partial charge < -0.3 is 18.6 Å². The van der Waals surface area contributed by atoms with E-state index in [1.165, 1.54) is 60.0 Å². The first-order chi connectivity index (χ1) is 36.7. The number of furan rings is 2. The standard InChI is InChI=1S/C70H44N2O2/c1-3-15-45(16-4-1)47-29-34-50(35-30-47)71(64-25-13-23-61-57-20-9-11-27-66(57)73-69(61)64)52-38-41-54-49(43-52)33-40-60-56-42-39-53(44-63(56)55-19-7-8-22-59(55)68(54)60)72(51-36-31-48(32-37-51)46-17-5-2-6-18-46)65-26-14-24-62-58-21-10-12-28-67(58)74-70(62)65/h1-44H. The molecule has 15 rings (SSSR count). The number of nitrogens with zero attached hydrogens (tertiary/aromatic N) is 2. The van der Waals surface area contributed by atoms with Crippen molar-refractivity contribution in [3.63, 3.8) is 0 Å². The van der Waals surface area contributed by atoms with Crippen LogP contribution in [0.1, 0.15) is 0 Å². The number of fused-ring (bicyclic) bond motifs is 14. The molecule has 0 N–H and O–H groups in total. The number of benzene rings is 13. The first-order valence-electron chi connectivity index (χ1n) is 25.2. The fourth-order valence-corrected chi connectivity index (χ4v) is 11.6. The van der Waals surface area contributed by atoms with Gasteiger partial charge in [0.15, 0.2) is 11.2 Å². The van der Waals surface area contributed by atoms with Gasteiger partial charge in [-0.1, -0.05) is 194 Å². The van der Waals surface area contributed by atoms with Crippen LogP contribution in [0.15, 0.2) is 276 Å². The zero-order valence-corrected chi connectivity index (χ0v) is 40.1. The third-order valence-corrected chi connectivity index (χ3v) is 15.0. The molecule has 15 aromatic rings. The van der Waals surface area contributed by atoms with Crippen LogP contribution in [-0.2, 0) is 0 Å². The first-order valence-corrected chi connectivity index (χ1v) is 25.2. The summed E-state index contributed by atoms with van der Waals surface area (Å²) in [6, 6.07) is 95.9. The highest BCUT2D eigenvalue weighted by Crippen LogP contribution is 2.48. The summed E-state index contributed by atoms with van der Waals surface area (Å²) in [5.41, 5.74) is 14.3. The van der Waals surface area contributed by atoms with Gasteiger partial charge in [-0.15, -0.1) is 0 Å². The van der Waals surface area contributed by atoms with Crippen LogP contribution >= 0.6 is 0 Å². The van der Waals surface area contributed by atoms with Crippen molar-refractivity contribution in [1.82, 2.24) is 0 Å². The van der Waals surface area contributed by atoms with Crippen LogP contribution in [0, 0.1) is 0 Å². The summed E-state index contributed by atoms with van der Waals surface area (Å²) in [5.74, 6) is 0. The van der Waals surface area contributed by atoms with Crippen molar-refractivity contribution in [3.05, 3.63) is 267 Å². The zero-order chi connectivity index (χ0) is 48.7. The van der Waals surface area contributed by atoms with Crippen molar-refractivity contribution in [2.45, 2.75) is 0 Å². The van der Waals surface area contributed by atoms with Gasteiger partial charge in [-0.3, -0.25) is 0 Å². The van der Waals surface area contributed by atoms with E-state index in [2.05, 4.69) is 265 Å². The molecule has 0 spiro atoms. The van der Waals surface area contributed by atoms with E-state index >= 15 is 0 Å². The Bertz CT molecular complexity index is 4630. The van der Waals surface area contributed by atoms with Crippen LogP contribution in [0.3, 0.4) is 0 Å². The lowest BCUT2D eigenvalue weighted by molar-refractivity contribution is 0.668. The summed E-state index contributed by atoms with van der Waals surface area (Å²) in [6.45, 7) is 0. The predicted octanol–water partition coefficient (Wildman–Crippen LogP) is 20.4. The minimum absolute atomic E-state index is 0.854. The second kappa shape index (κ2) is 16.9. The topological polar surface area (TPSA) is 32.8 Å². The molecule has 2 heterocycles. The molecule has 0 aliphatic rings. The molecule has 0 saturated carbocycles. The SMILES string of the molecule is c1ccc(-c2ccc(N(c3ccc4c(ccc5c6ccc(N(c7ccc(-c8ccccc8)cc7)c7cccc8c7oc7ccccc78)cc6c6ccccc6c45)c3)c3cccc4c3oc3ccccc34)cc2)cc1. The highest BCUT2D eigenvalue weighted by atomic mass is 16.3. The maximum atomic E-state index is 6.73. The second-order valence-corrected chi connectivity index (χ2v) is 19.2. The average Bonchev–Trinajstić information content (AvgIpc) is 4.07. The molecule has 0 bridgehead atoms. The van der Waals surface area contributed by atoms with Crippen molar-refractivity contribution in [2.24, 2.45) is 0 Å². The van der Waals surface area contributed by atoms with Crippen molar-refractivity contribution in [2.75, 3.05) is 9.80 Å². The molecule has 0 radical (unpaired) electrons. The molecule has 0 amide bonds. The molecular formula is C70H44N2O2. The van der Waals surface area contributed by atoms with Crippen LogP contribution in [0.5, 0.6) is 0 Å². The van der Waals surface area contributed by atoms with Crippen molar-refractivity contribution in [3.8, 4) is 22.3 Å². The van der Waals surface area contributed by atoms with Gasteiger partial charge in [0.25, 0.3) is 0 Å². The second-order valence-electron chi connectivity index (χ2n) is 19.2. The Labute approximate surface area is 426 Å². The van der Waals surface area contributed by atoms with E-state index in [9.17, 15) is 0 Å². The molecule has 13 aromatic carbocycles. The summed E-state index contributed by atoms with van der Waals surface area (Å²) in [6.07, 6.45) is 0. The van der Waals surface area contributed by atoms with Gasteiger partial charge in [0.2, 0.25) is 0 Å². The van der Waals surface area contributed by atoms with Gasteiger partial charge in [0.05, 0.1) is 11.4 Å². The van der Waals surface area contributed by atoms with Crippen LogP contribution < -0.4 is 9.80 Å². The largest absolute Gasteiger partial charge is 0.454 e. The van der Waals surface area contributed by atoms with Crippen LogP contribution in [0.25, 0.3) is 109 Å². The lowest BCUT2D eigenvalue weighted by Gasteiger charge is -2.27. The van der Waals surface area contributed by atoms with E-state index in [0.717, 1.165) is 83.4 Å². The minimum atomic E-state index is 0.854. The Kier molecular flexibility index (Phi) is 9.54. The summed E-state index contributed by atoms with van der Waals surface area (Å²) >= 11 is 0. The Balaban J connectivity index is 0.904. The molecule has 2 aromatic heterocycles. The number of para-hydroxylation sites is 4. The van der Waals surface area contributed by atoms with Gasteiger partial charge >= 0.3 is 0 Å². The third-order valence-electron chi connectivity index (χ3n) is 15.0. The first kappa shape index (κ1) is 41.8. The van der Waals surface area contributed by atoms with Gasteiger partial charge in [0, 0.05) is 44.3 Å². The fraction of sp³-hybridized carbons (Fsp3) is 0. The Hall–Kier alpha value is -9.90. The molecule has 0 saturated heterocycles. The van der Waals surface area contributed by atoms with Gasteiger partial charge in [-0.25, -0.2) is 0 Å². The van der Waals surface area contributed by atoms with E-state index in [1.54, 1.807) is 0 Å². The van der Waals surface area contributed by atoms with Gasteiger partial charge in [0.1, 0.15) is 11.2 Å². The lowest BCUT2D eigenvalue weighted by atomic mass is 9.90. The summed E-state index contributed by atoms with van der Waals surface area (Å²) in [4.78, 5) is 4.70. The summed E-state index contributed by atoms with van der Waals surface area (Å²) < 4.78 is 13.4. The Morgan fingerprint density at radius 2 is 0.622 bits per heavy atom. The summed E-state index contributed by atoms with van der Waals surface area (Å²) in [5, 5.41) is 14.0. The lowest BCUT2D eigenvalue weighted by Crippen LogP contribution is -2.10. The normalized spacial score (nSPS) is 11.8. The minimum Gasteiger partial charge on any atom is -0.454 e. The molecule has 0 unspecified atom stereocenters. The number of anilines is 6. The molecule has 346 valence electrons. The molecule has 4 nitrogen and oxygen atoms in total. The molecule has 0 fully saturated rings. The highest BCUT2D eigenvalue weighted by molar-refractivity contribution is 6.32. The van der Waals surface area contributed by atoms with E-state index in [1.807, 2.05) is 12.1 Å². The van der Waals surface area contributed by atoms with E-state index in [-0.39, 0.29) is 0 Å². The van der Waals surface area contributed by atoms with E-state index in [0.29, 0.717) is 0 Å². The maximum absolute atomic E-state index is 6.73. The predicted molar refractivity (Wildman–Crippen MR) is 311 cm³/mol. The highest BCUT2D eigenvalue weighted by Gasteiger charge is 2.23. The smallest absolute Gasteiger partial charge is 0.159 e. The molecule has 74 heavy (non-hydrogen) atoms. The Morgan fingerprint density at radius 1 is 0.230 bits per heavy atom. The summed E-state index contributed by atoms with van der Waals surface area (Å²) in [7, 11) is 0. The molecular weight excluding hydrogens is 901 g/mol. The van der Waals surface area contributed by atoms with Crippen molar-refractivity contribution >= 4 is 121 Å². The monoisotopic (exact) mass is 944 g/mol. The number of hydrogen-bond donors (Lipinski definition) is 0. The molecule has 4 heteroatoms.